The van der Waals surface area contributed by atoms with Gasteiger partial charge in [-0.3, -0.25) is 0 Å². The zero-order valence-electron chi connectivity index (χ0n) is 26.2. The van der Waals surface area contributed by atoms with Crippen molar-refractivity contribution in [1.29, 1.82) is 0 Å². The molecule has 4 nitrogen and oxygen atoms in total. The summed E-state index contributed by atoms with van der Waals surface area (Å²) in [6.07, 6.45) is 11.0. The minimum atomic E-state index is -0.406. The Morgan fingerprint density at radius 3 is 2.32 bits per heavy atom. The molecule has 0 amide bonds. The van der Waals surface area contributed by atoms with Crippen molar-refractivity contribution >= 4 is 0 Å². The fraction of sp³-hybridized carbons (Fsp3) is 0.784. The zero-order valence-corrected chi connectivity index (χ0v) is 26.2. The molecule has 0 aromatic heterocycles. The summed E-state index contributed by atoms with van der Waals surface area (Å²) >= 11 is 0. The fourth-order valence-corrected chi connectivity index (χ4v) is 12.5. The summed E-state index contributed by atoms with van der Waals surface area (Å²) in [6.45, 7) is 16.0. The Balaban J connectivity index is 1.32. The number of ether oxygens (including phenoxy) is 1. The molecule has 0 aliphatic heterocycles. The second-order valence-corrected chi connectivity index (χ2v) is 16.2. The maximum absolute atomic E-state index is 11.1. The molecule has 6 rings (SSSR count). The summed E-state index contributed by atoms with van der Waals surface area (Å²) in [6, 6.07) is 10.6. The average molecular weight is 565 g/mol. The molecule has 0 spiro atoms. The first-order chi connectivity index (χ1) is 19.5. The highest BCUT2D eigenvalue weighted by Gasteiger charge is 2.71. The van der Waals surface area contributed by atoms with Gasteiger partial charge in [-0.2, -0.15) is 0 Å². The smallest absolute Gasteiger partial charge is 0.0717 e. The van der Waals surface area contributed by atoms with Gasteiger partial charge in [-0.15, -0.1) is 0 Å². The van der Waals surface area contributed by atoms with E-state index in [-0.39, 0.29) is 34.9 Å². The van der Waals surface area contributed by atoms with E-state index in [4.69, 9.17) is 4.74 Å². The van der Waals surface area contributed by atoms with Crippen LogP contribution in [0.25, 0.3) is 0 Å². The Kier molecular flexibility index (Phi) is 7.62. The summed E-state index contributed by atoms with van der Waals surface area (Å²) in [7, 11) is 0. The molecule has 5 aliphatic rings. The third-order valence-electron chi connectivity index (χ3n) is 15.0. The lowest BCUT2D eigenvalue weighted by Crippen LogP contribution is -2.67. The summed E-state index contributed by atoms with van der Waals surface area (Å²) in [5.74, 6) is 2.46. The third kappa shape index (κ3) is 4.20. The fourth-order valence-electron chi connectivity index (χ4n) is 12.5. The molecular formula is C37H56O4. The number of aliphatic hydroxyl groups is 3. The average Bonchev–Trinajstić information content (AvgIpc) is 3.35. The van der Waals surface area contributed by atoms with Gasteiger partial charge in [-0.1, -0.05) is 64.6 Å². The van der Waals surface area contributed by atoms with Gasteiger partial charge in [-0.25, -0.2) is 0 Å². The monoisotopic (exact) mass is 564 g/mol. The van der Waals surface area contributed by atoms with Crippen LogP contribution < -0.4 is 0 Å². The Morgan fingerprint density at radius 1 is 0.854 bits per heavy atom. The predicted octanol–water partition coefficient (Wildman–Crippen LogP) is 7.17. The molecule has 3 N–H and O–H groups in total. The van der Waals surface area contributed by atoms with E-state index in [1.54, 1.807) is 0 Å². The molecule has 41 heavy (non-hydrogen) atoms. The van der Waals surface area contributed by atoms with Crippen LogP contribution in [0.5, 0.6) is 0 Å². The summed E-state index contributed by atoms with van der Waals surface area (Å²) in [5, 5.41) is 31.9. The molecule has 4 heteroatoms. The first-order valence-corrected chi connectivity index (χ1v) is 16.7. The van der Waals surface area contributed by atoms with Gasteiger partial charge >= 0.3 is 0 Å². The van der Waals surface area contributed by atoms with Crippen LogP contribution in [0.1, 0.15) is 97.5 Å². The van der Waals surface area contributed by atoms with E-state index in [0.29, 0.717) is 36.2 Å². The standard InChI is InChI=1S/C37H56O4/c1-25(21-38)27-13-18-37(24-41-22-26-9-7-6-8-10-26)20-19-35(4)28(32(27)37)11-12-30-33(2)16-15-31(40)34(3,23-39)29(33)14-17-36(30,35)5/h6-10,27-32,38-40H,1,11-24H2,2-5H3/t27-,28+,29+,30+,31?,32+,33-,34?,35+,36+,37+/m0/s1. The minimum Gasteiger partial charge on any atom is -0.396 e. The van der Waals surface area contributed by atoms with Crippen LogP contribution >= 0.6 is 0 Å². The first-order valence-electron chi connectivity index (χ1n) is 16.7. The van der Waals surface area contributed by atoms with Crippen molar-refractivity contribution < 1.29 is 20.1 Å². The molecule has 228 valence electrons. The maximum atomic E-state index is 11.1. The molecule has 11 atom stereocenters. The number of benzene rings is 1. The largest absolute Gasteiger partial charge is 0.396 e. The van der Waals surface area contributed by atoms with Gasteiger partial charge in [-0.05, 0) is 127 Å². The molecule has 5 aliphatic carbocycles. The van der Waals surface area contributed by atoms with Gasteiger partial charge in [0.15, 0.2) is 0 Å². The van der Waals surface area contributed by atoms with Crippen molar-refractivity contribution in [2.75, 3.05) is 19.8 Å². The van der Waals surface area contributed by atoms with E-state index in [0.717, 1.165) is 37.9 Å². The van der Waals surface area contributed by atoms with Crippen molar-refractivity contribution in [2.24, 2.45) is 56.7 Å². The molecule has 0 saturated heterocycles. The van der Waals surface area contributed by atoms with Gasteiger partial charge < -0.3 is 20.1 Å². The number of hydrogen-bond acceptors (Lipinski definition) is 4. The van der Waals surface area contributed by atoms with Crippen molar-refractivity contribution in [2.45, 2.75) is 105 Å². The Morgan fingerprint density at radius 2 is 1.61 bits per heavy atom. The van der Waals surface area contributed by atoms with Gasteiger partial charge in [0.25, 0.3) is 0 Å². The summed E-state index contributed by atoms with van der Waals surface area (Å²) in [4.78, 5) is 0. The molecule has 0 heterocycles. The number of fused-ring (bicyclic) bond motifs is 7. The van der Waals surface area contributed by atoms with Gasteiger partial charge in [0, 0.05) is 5.41 Å². The molecular weight excluding hydrogens is 508 g/mol. The van der Waals surface area contributed by atoms with Crippen molar-refractivity contribution in [3.8, 4) is 0 Å². The Hall–Kier alpha value is -1.20. The van der Waals surface area contributed by atoms with Gasteiger partial charge in [0.2, 0.25) is 0 Å². The Labute approximate surface area is 249 Å². The molecule has 5 fully saturated rings. The number of rotatable bonds is 7. The first kappa shape index (κ1) is 29.9. The topological polar surface area (TPSA) is 69.9 Å². The van der Waals surface area contributed by atoms with E-state index in [1.165, 1.54) is 44.1 Å². The van der Waals surface area contributed by atoms with Crippen molar-refractivity contribution in [3.05, 3.63) is 48.0 Å². The van der Waals surface area contributed by atoms with Gasteiger partial charge in [0.05, 0.1) is 32.5 Å². The van der Waals surface area contributed by atoms with E-state index in [9.17, 15) is 15.3 Å². The zero-order chi connectivity index (χ0) is 29.3. The molecule has 0 radical (unpaired) electrons. The lowest BCUT2D eigenvalue weighted by molar-refractivity contribution is -0.256. The highest BCUT2D eigenvalue weighted by atomic mass is 16.5. The van der Waals surface area contributed by atoms with Gasteiger partial charge in [0.1, 0.15) is 0 Å². The van der Waals surface area contributed by atoms with E-state index < -0.39 is 11.5 Å². The van der Waals surface area contributed by atoms with Crippen LogP contribution in [0, 0.1) is 56.7 Å². The molecule has 1 aromatic carbocycles. The van der Waals surface area contributed by atoms with Crippen molar-refractivity contribution in [1.82, 2.24) is 0 Å². The lowest BCUT2D eigenvalue weighted by atomic mass is 9.32. The van der Waals surface area contributed by atoms with E-state index in [2.05, 4.69) is 64.6 Å². The quantitative estimate of drug-likeness (QED) is 0.307. The second-order valence-electron chi connectivity index (χ2n) is 16.2. The molecule has 0 bridgehead atoms. The second kappa shape index (κ2) is 10.5. The lowest BCUT2D eigenvalue weighted by Gasteiger charge is -2.73. The highest BCUT2D eigenvalue weighted by Crippen LogP contribution is 2.77. The normalized spacial score (nSPS) is 49.0. The Bertz CT molecular complexity index is 1120. The van der Waals surface area contributed by atoms with E-state index >= 15 is 0 Å². The predicted molar refractivity (Wildman–Crippen MR) is 164 cm³/mol. The SMILES string of the molecule is C=C(CO)[C@@H]1CC[C@]2(COCc3ccccc3)CC[C@]3(C)[C@H](CC[C@@H]4[C@@]5(C)CCC(O)C(C)(CO)[C@@H]5CC[C@]43C)[C@@H]12. The highest BCUT2D eigenvalue weighted by molar-refractivity contribution is 5.22. The van der Waals surface area contributed by atoms with Crippen LogP contribution in [-0.2, 0) is 11.3 Å². The van der Waals surface area contributed by atoms with Crippen LogP contribution in [0.4, 0.5) is 0 Å². The summed E-state index contributed by atoms with van der Waals surface area (Å²) < 4.78 is 6.56. The van der Waals surface area contributed by atoms with Crippen LogP contribution in [0.2, 0.25) is 0 Å². The van der Waals surface area contributed by atoms with E-state index in [1.807, 2.05) is 0 Å². The summed E-state index contributed by atoms with van der Waals surface area (Å²) in [5.41, 5.74) is 2.63. The van der Waals surface area contributed by atoms with Crippen LogP contribution in [0.3, 0.4) is 0 Å². The van der Waals surface area contributed by atoms with Crippen LogP contribution in [0.15, 0.2) is 42.5 Å². The maximum Gasteiger partial charge on any atom is 0.0717 e. The minimum absolute atomic E-state index is 0.0796. The number of hydrogen-bond donors (Lipinski definition) is 3. The third-order valence-corrected chi connectivity index (χ3v) is 15.0. The molecule has 5 saturated carbocycles. The molecule has 2 unspecified atom stereocenters. The number of aliphatic hydroxyl groups excluding tert-OH is 3. The van der Waals surface area contributed by atoms with Crippen molar-refractivity contribution in [3.63, 3.8) is 0 Å². The molecule has 1 aromatic rings. The van der Waals surface area contributed by atoms with Crippen LogP contribution in [-0.4, -0.2) is 41.2 Å².